The Hall–Kier alpha value is -3.63. The van der Waals surface area contributed by atoms with Crippen LogP contribution in [0.1, 0.15) is 5.56 Å². The summed E-state index contributed by atoms with van der Waals surface area (Å²) in [6.45, 7) is 4.97. The van der Waals surface area contributed by atoms with Gasteiger partial charge in [0.05, 0.1) is 30.3 Å². The van der Waals surface area contributed by atoms with Gasteiger partial charge < -0.3 is 15.0 Å². The molecule has 9 nitrogen and oxygen atoms in total. The largest absolute Gasteiger partial charge is 0.378 e. The number of benzene rings is 2. The number of nitrogens with one attached hydrogen (secondary N) is 1. The zero-order chi connectivity index (χ0) is 24.2. The molecule has 0 atom stereocenters. The van der Waals surface area contributed by atoms with Crippen LogP contribution in [0.5, 0.6) is 0 Å². The number of aromatic nitrogens is 5. The summed E-state index contributed by atoms with van der Waals surface area (Å²) in [6.07, 6.45) is 0. The lowest BCUT2D eigenvalue weighted by molar-refractivity contribution is -0.113. The molecule has 180 valence electrons. The fraction of sp³-hybridized carbons (Fsp3) is 0.280. The summed E-state index contributed by atoms with van der Waals surface area (Å²) in [5.74, 6) is 1.47. The molecule has 10 heteroatoms. The van der Waals surface area contributed by atoms with Gasteiger partial charge in [-0.2, -0.15) is 5.10 Å². The number of carbonyl (C=O) groups excluding carboxylic acids is 1. The molecule has 0 saturated carbocycles. The predicted molar refractivity (Wildman–Crippen MR) is 137 cm³/mol. The average molecular weight is 490 g/mol. The van der Waals surface area contributed by atoms with Gasteiger partial charge in [0.15, 0.2) is 5.16 Å². The van der Waals surface area contributed by atoms with Crippen molar-refractivity contribution in [3.8, 4) is 16.9 Å². The van der Waals surface area contributed by atoms with Crippen molar-refractivity contribution < 1.29 is 9.53 Å². The lowest BCUT2D eigenvalue weighted by Gasteiger charge is -2.27. The molecule has 1 N–H and O–H groups in total. The third-order valence-corrected chi connectivity index (χ3v) is 6.78. The van der Waals surface area contributed by atoms with Gasteiger partial charge in [-0.25, -0.2) is 4.68 Å². The number of hydrogen-bond donors (Lipinski definition) is 1. The van der Waals surface area contributed by atoms with Crippen LogP contribution in [-0.4, -0.2) is 62.5 Å². The van der Waals surface area contributed by atoms with E-state index in [2.05, 4.69) is 39.5 Å². The Morgan fingerprint density at radius 2 is 1.80 bits per heavy atom. The maximum absolute atomic E-state index is 12.9. The quantitative estimate of drug-likeness (QED) is 0.397. The van der Waals surface area contributed by atoms with E-state index >= 15 is 0 Å². The van der Waals surface area contributed by atoms with Crippen LogP contribution in [0.3, 0.4) is 0 Å². The van der Waals surface area contributed by atoms with Gasteiger partial charge >= 0.3 is 0 Å². The molecule has 1 saturated heterocycles. The van der Waals surface area contributed by atoms with Gasteiger partial charge in [0.25, 0.3) is 0 Å². The van der Waals surface area contributed by atoms with Crippen LogP contribution in [0.25, 0.3) is 16.9 Å². The maximum Gasteiger partial charge on any atom is 0.236 e. The zero-order valence-corrected chi connectivity index (χ0v) is 20.5. The highest BCUT2D eigenvalue weighted by Gasteiger charge is 2.20. The van der Waals surface area contributed by atoms with Gasteiger partial charge in [-0.05, 0) is 19.1 Å². The summed E-state index contributed by atoms with van der Waals surface area (Å²) in [5.41, 5.74) is 3.84. The molecule has 5 rings (SSSR count). The summed E-state index contributed by atoms with van der Waals surface area (Å²) in [4.78, 5) is 15.1. The standard InChI is InChI=1S/C25H27N7O2S/c1-18-8-10-19(11-9-18)21-16-22(32(29-21)20-6-4-3-5-7-20)26-23(33)17-35-25-28-27-24(30(25)2)31-12-14-34-15-13-31/h3-11,16H,12-15,17H2,1-2H3,(H,26,33). The summed E-state index contributed by atoms with van der Waals surface area (Å²) < 4.78 is 9.10. The van der Waals surface area contributed by atoms with E-state index in [9.17, 15) is 4.79 Å². The molecule has 4 aromatic rings. The van der Waals surface area contributed by atoms with Gasteiger partial charge in [0, 0.05) is 31.8 Å². The number of morpholine rings is 1. The highest BCUT2D eigenvalue weighted by atomic mass is 32.2. The average Bonchev–Trinajstić information content (AvgIpc) is 3.47. The topological polar surface area (TPSA) is 90.1 Å². The van der Waals surface area contributed by atoms with Crippen molar-refractivity contribution in [1.29, 1.82) is 0 Å². The molecule has 2 aromatic heterocycles. The lowest BCUT2D eigenvalue weighted by atomic mass is 10.1. The first-order valence-corrected chi connectivity index (χ1v) is 12.4. The van der Waals surface area contributed by atoms with E-state index in [1.54, 1.807) is 4.68 Å². The molecule has 2 aromatic carbocycles. The van der Waals surface area contributed by atoms with E-state index in [1.807, 2.05) is 60.1 Å². The second-order valence-corrected chi connectivity index (χ2v) is 9.25. The van der Waals surface area contributed by atoms with Gasteiger partial charge in [-0.15, -0.1) is 10.2 Å². The Kier molecular flexibility index (Phi) is 6.82. The first-order valence-electron chi connectivity index (χ1n) is 11.5. The number of thioether (sulfide) groups is 1. The number of hydrogen-bond acceptors (Lipinski definition) is 7. The van der Waals surface area contributed by atoms with Gasteiger partial charge in [-0.3, -0.25) is 9.36 Å². The zero-order valence-electron chi connectivity index (χ0n) is 19.7. The highest BCUT2D eigenvalue weighted by Crippen LogP contribution is 2.26. The van der Waals surface area contributed by atoms with Crippen molar-refractivity contribution >= 4 is 29.4 Å². The van der Waals surface area contributed by atoms with Crippen LogP contribution in [0.2, 0.25) is 0 Å². The maximum atomic E-state index is 12.9. The fourth-order valence-electron chi connectivity index (χ4n) is 3.88. The van der Waals surface area contributed by atoms with Gasteiger partial charge in [0.2, 0.25) is 11.9 Å². The van der Waals surface area contributed by atoms with Gasteiger partial charge in [0.1, 0.15) is 5.82 Å². The van der Waals surface area contributed by atoms with E-state index < -0.39 is 0 Å². The first kappa shape index (κ1) is 23.1. The fourth-order valence-corrected chi connectivity index (χ4v) is 4.59. The van der Waals surface area contributed by atoms with Crippen molar-refractivity contribution in [1.82, 2.24) is 24.5 Å². The van der Waals surface area contributed by atoms with Crippen molar-refractivity contribution in [2.24, 2.45) is 7.05 Å². The van der Waals surface area contributed by atoms with Crippen LogP contribution < -0.4 is 10.2 Å². The Balaban J connectivity index is 1.31. The number of aryl methyl sites for hydroxylation is 1. The number of para-hydroxylation sites is 1. The SMILES string of the molecule is Cc1ccc(-c2cc(NC(=O)CSc3nnc(N4CCOCC4)n3C)n(-c3ccccc3)n2)cc1. The van der Waals surface area contributed by atoms with E-state index in [0.29, 0.717) is 24.2 Å². The predicted octanol–water partition coefficient (Wildman–Crippen LogP) is 3.54. The number of nitrogens with zero attached hydrogens (tertiary/aromatic N) is 6. The van der Waals surface area contributed by atoms with Crippen molar-refractivity contribution in [2.45, 2.75) is 12.1 Å². The molecule has 0 aliphatic carbocycles. The minimum Gasteiger partial charge on any atom is -0.378 e. The van der Waals surface area contributed by atoms with Crippen LogP contribution >= 0.6 is 11.8 Å². The number of amides is 1. The smallest absolute Gasteiger partial charge is 0.236 e. The second kappa shape index (κ2) is 10.3. The Labute approximate surface area is 208 Å². The summed E-state index contributed by atoms with van der Waals surface area (Å²) in [6, 6.07) is 19.9. The molecule has 1 aliphatic heterocycles. The Bertz CT molecular complexity index is 1300. The number of ether oxygens (including phenoxy) is 1. The minimum atomic E-state index is -0.140. The molecule has 0 radical (unpaired) electrons. The van der Waals surface area contributed by atoms with E-state index in [0.717, 1.165) is 36.0 Å². The van der Waals surface area contributed by atoms with Crippen molar-refractivity contribution in [3.05, 3.63) is 66.2 Å². The molecule has 1 aliphatic rings. The summed E-state index contributed by atoms with van der Waals surface area (Å²) >= 11 is 1.36. The lowest BCUT2D eigenvalue weighted by Crippen LogP contribution is -2.37. The van der Waals surface area contributed by atoms with E-state index in [1.165, 1.54) is 17.3 Å². The number of carbonyl (C=O) groups is 1. The molecule has 0 bridgehead atoms. The molecular weight excluding hydrogens is 462 g/mol. The molecule has 0 spiro atoms. The molecule has 1 fully saturated rings. The minimum absolute atomic E-state index is 0.140. The second-order valence-electron chi connectivity index (χ2n) is 8.31. The normalized spacial score (nSPS) is 13.7. The van der Waals surface area contributed by atoms with Crippen LogP contribution in [0.15, 0.2) is 65.8 Å². The van der Waals surface area contributed by atoms with Crippen LogP contribution in [0, 0.1) is 6.92 Å². The third-order valence-electron chi connectivity index (χ3n) is 5.76. The first-order chi connectivity index (χ1) is 17.1. The van der Waals surface area contributed by atoms with Crippen LogP contribution in [0.4, 0.5) is 11.8 Å². The number of anilines is 2. The third kappa shape index (κ3) is 5.23. The van der Waals surface area contributed by atoms with Crippen molar-refractivity contribution in [3.63, 3.8) is 0 Å². The van der Waals surface area contributed by atoms with E-state index in [-0.39, 0.29) is 11.7 Å². The summed E-state index contributed by atoms with van der Waals surface area (Å²) in [5, 5.41) is 17.1. The highest BCUT2D eigenvalue weighted by molar-refractivity contribution is 7.99. The molecule has 35 heavy (non-hydrogen) atoms. The Morgan fingerprint density at radius 3 is 2.54 bits per heavy atom. The number of rotatable bonds is 7. The molecular formula is C25H27N7O2S. The Morgan fingerprint density at radius 1 is 1.06 bits per heavy atom. The monoisotopic (exact) mass is 489 g/mol. The van der Waals surface area contributed by atoms with Crippen LogP contribution in [-0.2, 0) is 16.6 Å². The van der Waals surface area contributed by atoms with Gasteiger partial charge in [-0.1, -0.05) is 59.8 Å². The summed E-state index contributed by atoms with van der Waals surface area (Å²) in [7, 11) is 1.92. The molecule has 0 unspecified atom stereocenters. The molecule has 1 amide bonds. The molecule has 3 heterocycles. The van der Waals surface area contributed by atoms with Crippen molar-refractivity contribution in [2.75, 3.05) is 42.3 Å². The van der Waals surface area contributed by atoms with E-state index in [4.69, 9.17) is 9.84 Å².